The maximum atomic E-state index is 13.2. The number of aryl methyl sites for hydroxylation is 1. The first-order valence-electron chi connectivity index (χ1n) is 9.09. The monoisotopic (exact) mass is 414 g/mol. The van der Waals surface area contributed by atoms with Crippen LogP contribution in [0.3, 0.4) is 0 Å². The van der Waals surface area contributed by atoms with E-state index in [0.29, 0.717) is 25.3 Å². The molecule has 0 aliphatic heterocycles. The maximum absolute atomic E-state index is 13.2. The summed E-state index contributed by atoms with van der Waals surface area (Å²) in [6.45, 7) is 3.55. The molecule has 2 aromatic heterocycles. The molecule has 0 fully saturated rings. The van der Waals surface area contributed by atoms with Crippen molar-refractivity contribution in [2.45, 2.75) is 31.6 Å². The molecule has 0 radical (unpaired) electrons. The summed E-state index contributed by atoms with van der Waals surface area (Å²) >= 11 is 1.61. The molecule has 0 bridgehead atoms. The highest BCUT2D eigenvalue weighted by molar-refractivity contribution is 7.98. The smallest absolute Gasteiger partial charge is 0.356 e. The Kier molecular flexibility index (Phi) is 7.00. The molecule has 0 spiro atoms. The summed E-state index contributed by atoms with van der Waals surface area (Å²) in [6.07, 6.45) is 3.84. The van der Waals surface area contributed by atoms with Crippen molar-refractivity contribution < 1.29 is 13.9 Å². The number of rotatable bonds is 8. The minimum absolute atomic E-state index is 0.247. The predicted molar refractivity (Wildman–Crippen MR) is 110 cm³/mol. The maximum Gasteiger partial charge on any atom is 0.356 e. The average molecular weight is 415 g/mol. The van der Waals surface area contributed by atoms with E-state index < -0.39 is 5.97 Å². The number of benzene rings is 1. The zero-order valence-corrected chi connectivity index (χ0v) is 17.4. The summed E-state index contributed by atoms with van der Waals surface area (Å²) in [5, 5.41) is 4.37. The van der Waals surface area contributed by atoms with E-state index in [0.717, 1.165) is 27.7 Å². The number of esters is 1. The number of imidazole rings is 1. The lowest BCUT2D eigenvalue weighted by Gasteiger charge is -2.12. The molecule has 0 aliphatic rings. The molecule has 0 unspecified atom stereocenters. The van der Waals surface area contributed by atoms with Crippen LogP contribution in [0, 0.1) is 12.7 Å². The Morgan fingerprint density at radius 3 is 2.69 bits per heavy atom. The van der Waals surface area contributed by atoms with Crippen LogP contribution < -0.4 is 5.32 Å². The zero-order chi connectivity index (χ0) is 20.8. The van der Waals surface area contributed by atoms with E-state index in [1.807, 2.05) is 25.4 Å². The molecule has 152 valence electrons. The molecule has 3 rings (SSSR count). The van der Waals surface area contributed by atoms with Crippen molar-refractivity contribution in [1.82, 2.24) is 19.9 Å². The highest BCUT2D eigenvalue weighted by Crippen LogP contribution is 2.19. The van der Waals surface area contributed by atoms with E-state index in [4.69, 9.17) is 4.74 Å². The molecule has 1 aromatic carbocycles. The van der Waals surface area contributed by atoms with Gasteiger partial charge in [0.25, 0.3) is 0 Å². The third kappa shape index (κ3) is 5.42. The number of halogens is 1. The normalized spacial score (nSPS) is 10.9. The minimum Gasteiger partial charge on any atom is -0.464 e. The van der Waals surface area contributed by atoms with Crippen LogP contribution in [0.1, 0.15) is 33.1 Å². The quantitative estimate of drug-likeness (QED) is 0.449. The van der Waals surface area contributed by atoms with Crippen molar-refractivity contribution >= 4 is 17.7 Å². The van der Waals surface area contributed by atoms with Gasteiger partial charge in [-0.1, -0.05) is 12.1 Å². The van der Waals surface area contributed by atoms with E-state index in [-0.39, 0.29) is 5.82 Å². The summed E-state index contributed by atoms with van der Waals surface area (Å²) in [5.74, 6) is 0.178. The van der Waals surface area contributed by atoms with Crippen LogP contribution in [0.15, 0.2) is 47.6 Å². The number of nitrogens with zero attached hydrogens (tertiary/aromatic N) is 3. The van der Waals surface area contributed by atoms with Gasteiger partial charge < -0.3 is 14.6 Å². The molecule has 2 heterocycles. The predicted octanol–water partition coefficient (Wildman–Crippen LogP) is 3.57. The number of pyridine rings is 1. The van der Waals surface area contributed by atoms with Crippen molar-refractivity contribution in [2.24, 2.45) is 0 Å². The lowest BCUT2D eigenvalue weighted by molar-refractivity contribution is 0.0593. The van der Waals surface area contributed by atoms with E-state index >= 15 is 0 Å². The van der Waals surface area contributed by atoms with Crippen molar-refractivity contribution in [1.29, 1.82) is 0 Å². The first-order valence-corrected chi connectivity index (χ1v) is 10.3. The molecule has 1 N–H and O–H groups in total. The van der Waals surface area contributed by atoms with Crippen molar-refractivity contribution in [2.75, 3.05) is 13.4 Å². The molecule has 29 heavy (non-hydrogen) atoms. The number of ether oxygens (including phenoxy) is 1. The van der Waals surface area contributed by atoms with E-state index in [1.165, 1.54) is 19.2 Å². The first kappa shape index (κ1) is 21.0. The number of hydrogen-bond donors (Lipinski definition) is 1. The van der Waals surface area contributed by atoms with Gasteiger partial charge in [0.15, 0.2) is 0 Å². The van der Waals surface area contributed by atoms with Gasteiger partial charge in [0, 0.05) is 13.1 Å². The zero-order valence-electron chi connectivity index (χ0n) is 16.6. The second kappa shape index (κ2) is 9.67. The average Bonchev–Trinajstić information content (AvgIpc) is 3.10. The van der Waals surface area contributed by atoms with E-state index in [1.54, 1.807) is 30.0 Å². The number of carbonyl (C=O) groups is 1. The van der Waals surface area contributed by atoms with Crippen LogP contribution in [-0.4, -0.2) is 33.9 Å². The van der Waals surface area contributed by atoms with Crippen LogP contribution in [0.5, 0.6) is 0 Å². The molecular weight excluding hydrogens is 391 g/mol. The van der Waals surface area contributed by atoms with Crippen LogP contribution in [0.4, 0.5) is 4.39 Å². The van der Waals surface area contributed by atoms with Gasteiger partial charge in [-0.15, -0.1) is 11.8 Å². The molecule has 3 aromatic rings. The largest absolute Gasteiger partial charge is 0.464 e. The topological polar surface area (TPSA) is 69.0 Å². The fourth-order valence-electron chi connectivity index (χ4n) is 2.98. The van der Waals surface area contributed by atoms with Crippen LogP contribution in [-0.2, 0) is 24.4 Å². The third-order valence-corrected chi connectivity index (χ3v) is 5.12. The van der Waals surface area contributed by atoms with Crippen molar-refractivity contribution in [3.63, 3.8) is 0 Å². The summed E-state index contributed by atoms with van der Waals surface area (Å²) < 4.78 is 20.0. The molecule has 0 aliphatic carbocycles. The third-order valence-electron chi connectivity index (χ3n) is 4.37. The molecule has 8 heteroatoms. The fraction of sp³-hybridized carbons (Fsp3) is 0.286. The highest BCUT2D eigenvalue weighted by Gasteiger charge is 2.12. The standard InChI is InChI=1S/C21H23FN4O2S/c1-14-8-17(25-18(9-14)21(27)28-2)10-23-11-19-24-12-20(29-3)26(19)13-15-4-6-16(22)7-5-15/h4-9,12,23H,10-11,13H2,1-3H3. The highest BCUT2D eigenvalue weighted by atomic mass is 32.2. The number of hydrogen-bond acceptors (Lipinski definition) is 6. The number of carbonyl (C=O) groups excluding carboxylic acids is 1. The van der Waals surface area contributed by atoms with Crippen LogP contribution in [0.25, 0.3) is 0 Å². The summed E-state index contributed by atoms with van der Waals surface area (Å²) in [7, 11) is 1.34. The summed E-state index contributed by atoms with van der Waals surface area (Å²) in [4.78, 5) is 20.6. The van der Waals surface area contributed by atoms with Gasteiger partial charge >= 0.3 is 5.97 Å². The fourth-order valence-corrected chi connectivity index (χ4v) is 3.53. The van der Waals surface area contributed by atoms with Crippen molar-refractivity contribution in [3.05, 3.63) is 76.8 Å². The Bertz CT molecular complexity index is 989. The number of methoxy groups -OCH3 is 1. The van der Waals surface area contributed by atoms with Crippen LogP contribution >= 0.6 is 11.8 Å². The molecule has 0 amide bonds. The molecule has 0 saturated heterocycles. The SMILES string of the molecule is COC(=O)c1cc(C)cc(CNCc2ncc(SC)n2Cc2ccc(F)cc2)n1. The Hall–Kier alpha value is -2.71. The van der Waals surface area contributed by atoms with Gasteiger partial charge in [-0.2, -0.15) is 0 Å². The molecule has 0 saturated carbocycles. The number of aromatic nitrogens is 3. The van der Waals surface area contributed by atoms with Gasteiger partial charge in [-0.25, -0.2) is 19.2 Å². The van der Waals surface area contributed by atoms with Crippen LogP contribution in [0.2, 0.25) is 0 Å². The Morgan fingerprint density at radius 1 is 1.24 bits per heavy atom. The Labute approximate surface area is 173 Å². The molecule has 6 nitrogen and oxygen atoms in total. The van der Waals surface area contributed by atoms with Gasteiger partial charge in [0.2, 0.25) is 0 Å². The van der Waals surface area contributed by atoms with Gasteiger partial charge in [0.1, 0.15) is 17.3 Å². The molecule has 0 atom stereocenters. The summed E-state index contributed by atoms with van der Waals surface area (Å²) in [6, 6.07) is 10.1. The Morgan fingerprint density at radius 2 is 2.00 bits per heavy atom. The number of nitrogens with one attached hydrogen (secondary N) is 1. The number of thioether (sulfide) groups is 1. The van der Waals surface area contributed by atoms with Gasteiger partial charge in [-0.3, -0.25) is 0 Å². The Balaban J connectivity index is 1.70. The minimum atomic E-state index is -0.450. The lowest BCUT2D eigenvalue weighted by Crippen LogP contribution is -2.19. The van der Waals surface area contributed by atoms with Gasteiger partial charge in [-0.05, 0) is 48.6 Å². The van der Waals surface area contributed by atoms with Crippen molar-refractivity contribution in [3.8, 4) is 0 Å². The van der Waals surface area contributed by atoms with E-state index in [9.17, 15) is 9.18 Å². The first-order chi connectivity index (χ1) is 14.0. The molecular formula is C21H23FN4O2S. The second-order valence-corrected chi connectivity index (χ2v) is 7.37. The second-order valence-electron chi connectivity index (χ2n) is 6.55. The summed E-state index contributed by atoms with van der Waals surface area (Å²) in [5.41, 5.74) is 3.00. The van der Waals surface area contributed by atoms with Gasteiger partial charge in [0.05, 0.1) is 30.6 Å². The lowest BCUT2D eigenvalue weighted by atomic mass is 10.2. The van der Waals surface area contributed by atoms with E-state index in [2.05, 4.69) is 19.9 Å².